The highest BCUT2D eigenvalue weighted by Gasteiger charge is 2.12. The van der Waals surface area contributed by atoms with Gasteiger partial charge in [0.1, 0.15) is 11.5 Å². The van der Waals surface area contributed by atoms with E-state index in [4.69, 9.17) is 9.47 Å². The number of hydrazone groups is 2. The van der Waals surface area contributed by atoms with Crippen LogP contribution in [0.15, 0.2) is 58.7 Å². The average Bonchev–Trinajstić information content (AvgIpc) is 2.69. The van der Waals surface area contributed by atoms with Crippen LogP contribution >= 0.6 is 0 Å². The van der Waals surface area contributed by atoms with E-state index in [1.807, 2.05) is 52.0 Å². The van der Waals surface area contributed by atoms with Gasteiger partial charge in [0.2, 0.25) is 0 Å². The van der Waals surface area contributed by atoms with E-state index in [-0.39, 0.29) is 12.2 Å². The molecule has 2 rings (SSSR count). The molecule has 8 nitrogen and oxygen atoms in total. The maximum absolute atomic E-state index is 11.9. The highest BCUT2D eigenvalue weighted by Crippen LogP contribution is 2.18. The summed E-state index contributed by atoms with van der Waals surface area (Å²) in [4.78, 5) is 23.8. The Labute approximate surface area is 176 Å². The molecule has 2 aromatic rings. The molecule has 0 aromatic heterocycles. The zero-order chi connectivity index (χ0) is 21.9. The van der Waals surface area contributed by atoms with Crippen LogP contribution in [0.4, 0.5) is 0 Å². The Morgan fingerprint density at radius 3 is 1.47 bits per heavy atom. The normalized spacial score (nSPS) is 11.3. The fourth-order valence-corrected chi connectivity index (χ4v) is 2.32. The van der Waals surface area contributed by atoms with E-state index >= 15 is 0 Å². The van der Waals surface area contributed by atoms with Crippen molar-refractivity contribution in [2.45, 2.75) is 39.9 Å². The zero-order valence-electron chi connectivity index (χ0n) is 17.5. The van der Waals surface area contributed by atoms with Crippen molar-refractivity contribution in [3.63, 3.8) is 0 Å². The second-order valence-electron chi connectivity index (χ2n) is 6.81. The maximum atomic E-state index is 11.9. The quantitative estimate of drug-likeness (QED) is 0.397. The molecule has 0 fully saturated rings. The number of hydrogen-bond donors (Lipinski definition) is 2. The van der Waals surface area contributed by atoms with Crippen molar-refractivity contribution in [2.75, 3.05) is 0 Å². The number of carbonyl (C=O) groups is 2. The number of carbonyl (C=O) groups excluding carboxylic acids is 2. The van der Waals surface area contributed by atoms with Gasteiger partial charge in [-0.05, 0) is 52.0 Å². The van der Waals surface area contributed by atoms with Gasteiger partial charge in [-0.1, -0.05) is 24.3 Å². The largest absolute Gasteiger partial charge is 0.490 e. The third-order valence-electron chi connectivity index (χ3n) is 3.51. The third kappa shape index (κ3) is 7.38. The highest BCUT2D eigenvalue weighted by molar-refractivity contribution is 6.35. The first-order chi connectivity index (χ1) is 14.4. The van der Waals surface area contributed by atoms with Crippen molar-refractivity contribution in [1.82, 2.24) is 10.9 Å². The van der Waals surface area contributed by atoms with E-state index in [2.05, 4.69) is 21.1 Å². The Hall–Kier alpha value is -3.68. The van der Waals surface area contributed by atoms with Gasteiger partial charge in [0.25, 0.3) is 0 Å². The molecule has 0 saturated carbocycles. The summed E-state index contributed by atoms with van der Waals surface area (Å²) in [7, 11) is 0. The van der Waals surface area contributed by atoms with Gasteiger partial charge in [0.05, 0.1) is 24.6 Å². The summed E-state index contributed by atoms with van der Waals surface area (Å²) in [5.41, 5.74) is 5.67. The number of para-hydroxylation sites is 2. The molecule has 0 aliphatic heterocycles. The smallest absolute Gasteiger partial charge is 0.331 e. The van der Waals surface area contributed by atoms with Gasteiger partial charge in [-0.3, -0.25) is 9.59 Å². The fraction of sp³-hybridized carbons (Fsp3) is 0.273. The van der Waals surface area contributed by atoms with Gasteiger partial charge < -0.3 is 9.47 Å². The van der Waals surface area contributed by atoms with Crippen molar-refractivity contribution in [1.29, 1.82) is 0 Å². The molecule has 2 aromatic carbocycles. The van der Waals surface area contributed by atoms with Crippen LogP contribution in [0.2, 0.25) is 0 Å². The molecule has 0 aliphatic rings. The van der Waals surface area contributed by atoms with Gasteiger partial charge in [0.15, 0.2) is 0 Å². The standard InChI is InChI=1S/C22H26N4O4/c1-15(2)29-19-11-7-5-9-17(19)13-23-25-21(27)22(28)26-24-14-18-10-6-8-12-20(18)30-16(3)4/h5-16H,1-4H3,(H,25,27)(H,26,28)/b23-13+,24-14?. The lowest BCUT2D eigenvalue weighted by atomic mass is 10.2. The van der Waals surface area contributed by atoms with Gasteiger partial charge in [-0.15, -0.1) is 0 Å². The number of ether oxygens (including phenoxy) is 2. The summed E-state index contributed by atoms with van der Waals surface area (Å²) in [6.45, 7) is 7.64. The SMILES string of the molecule is CC(C)Oc1ccccc1C=NNC(=O)C(=O)N/N=C/c1ccccc1OC(C)C. The molecule has 2 N–H and O–H groups in total. The summed E-state index contributed by atoms with van der Waals surface area (Å²) < 4.78 is 11.3. The monoisotopic (exact) mass is 410 g/mol. The lowest BCUT2D eigenvalue weighted by Crippen LogP contribution is -2.35. The number of nitrogens with one attached hydrogen (secondary N) is 2. The van der Waals surface area contributed by atoms with E-state index in [1.54, 1.807) is 24.3 Å². The molecule has 0 atom stereocenters. The van der Waals surface area contributed by atoms with E-state index in [0.717, 1.165) is 0 Å². The Bertz CT molecular complexity index is 847. The maximum Gasteiger partial charge on any atom is 0.331 e. The summed E-state index contributed by atoms with van der Waals surface area (Å²) in [6, 6.07) is 14.5. The molecular formula is C22H26N4O4. The van der Waals surface area contributed by atoms with Gasteiger partial charge in [-0.2, -0.15) is 10.2 Å². The van der Waals surface area contributed by atoms with Gasteiger partial charge in [0, 0.05) is 11.1 Å². The topological polar surface area (TPSA) is 101 Å². The minimum atomic E-state index is -0.947. The van der Waals surface area contributed by atoms with Crippen LogP contribution in [0.25, 0.3) is 0 Å². The van der Waals surface area contributed by atoms with Gasteiger partial charge in [-0.25, -0.2) is 10.9 Å². The first kappa shape index (κ1) is 22.6. The van der Waals surface area contributed by atoms with Crippen LogP contribution in [0.1, 0.15) is 38.8 Å². The lowest BCUT2D eigenvalue weighted by molar-refractivity contribution is -0.139. The summed E-state index contributed by atoms with van der Waals surface area (Å²) in [6.07, 6.45) is 2.81. The van der Waals surface area contributed by atoms with Gasteiger partial charge >= 0.3 is 11.8 Å². The van der Waals surface area contributed by atoms with Crippen molar-refractivity contribution >= 4 is 24.2 Å². The fourth-order valence-electron chi connectivity index (χ4n) is 2.32. The molecule has 2 amide bonds. The minimum Gasteiger partial charge on any atom is -0.490 e. The van der Waals surface area contributed by atoms with Crippen LogP contribution < -0.4 is 20.3 Å². The first-order valence-corrected chi connectivity index (χ1v) is 9.54. The first-order valence-electron chi connectivity index (χ1n) is 9.54. The third-order valence-corrected chi connectivity index (χ3v) is 3.51. The molecular weight excluding hydrogens is 384 g/mol. The highest BCUT2D eigenvalue weighted by atomic mass is 16.5. The Balaban J connectivity index is 1.91. The summed E-state index contributed by atoms with van der Waals surface area (Å²) in [5.74, 6) is -0.640. The predicted molar refractivity (Wildman–Crippen MR) is 116 cm³/mol. The van der Waals surface area contributed by atoms with Crippen LogP contribution in [-0.2, 0) is 9.59 Å². The van der Waals surface area contributed by atoms with Crippen molar-refractivity contribution in [2.24, 2.45) is 10.2 Å². The molecule has 0 unspecified atom stereocenters. The van der Waals surface area contributed by atoms with E-state index in [0.29, 0.717) is 22.6 Å². The van der Waals surface area contributed by atoms with Crippen molar-refractivity contribution in [3.8, 4) is 11.5 Å². The summed E-state index contributed by atoms with van der Waals surface area (Å²) in [5, 5.41) is 7.61. The van der Waals surface area contributed by atoms with Crippen LogP contribution in [0, 0.1) is 0 Å². The van der Waals surface area contributed by atoms with E-state index in [9.17, 15) is 9.59 Å². The lowest BCUT2D eigenvalue weighted by Gasteiger charge is -2.11. The molecule has 0 aliphatic carbocycles. The van der Waals surface area contributed by atoms with Crippen LogP contribution in [0.5, 0.6) is 11.5 Å². The summed E-state index contributed by atoms with van der Waals surface area (Å²) >= 11 is 0. The molecule has 0 spiro atoms. The molecule has 0 saturated heterocycles. The second kappa shape index (κ2) is 11.4. The molecule has 0 bridgehead atoms. The molecule has 0 radical (unpaired) electrons. The molecule has 30 heavy (non-hydrogen) atoms. The van der Waals surface area contributed by atoms with Crippen molar-refractivity contribution in [3.05, 3.63) is 59.7 Å². The zero-order valence-corrected chi connectivity index (χ0v) is 17.5. The Kier molecular flexibility index (Phi) is 8.56. The van der Waals surface area contributed by atoms with E-state index in [1.165, 1.54) is 12.4 Å². The van der Waals surface area contributed by atoms with Crippen LogP contribution in [-0.4, -0.2) is 36.5 Å². The minimum absolute atomic E-state index is 0.00570. The van der Waals surface area contributed by atoms with E-state index < -0.39 is 11.8 Å². The number of hydrogen-bond acceptors (Lipinski definition) is 6. The van der Waals surface area contributed by atoms with Crippen molar-refractivity contribution < 1.29 is 19.1 Å². The Morgan fingerprint density at radius 2 is 1.10 bits per heavy atom. The second-order valence-corrected chi connectivity index (χ2v) is 6.81. The number of benzene rings is 2. The molecule has 0 heterocycles. The molecule has 158 valence electrons. The predicted octanol–water partition coefficient (Wildman–Crippen LogP) is 2.86. The number of amides is 2. The molecule has 8 heteroatoms. The average molecular weight is 410 g/mol. The number of nitrogens with zero attached hydrogens (tertiary/aromatic N) is 2. The number of rotatable bonds is 8. The van der Waals surface area contributed by atoms with Crippen LogP contribution in [0.3, 0.4) is 0 Å². The Morgan fingerprint density at radius 1 is 0.733 bits per heavy atom.